The van der Waals surface area contributed by atoms with Gasteiger partial charge in [-0.25, -0.2) is 0 Å². The monoisotopic (exact) mass is 309 g/mol. The number of nitrogens with two attached hydrogens (primary N) is 1. The highest BCUT2D eigenvalue weighted by molar-refractivity contribution is 5.73. The fraction of sp³-hybridized carbons (Fsp3) is 0.875. The van der Waals surface area contributed by atoms with E-state index in [4.69, 9.17) is 5.73 Å². The fourth-order valence-electron chi connectivity index (χ4n) is 2.45. The van der Waals surface area contributed by atoms with Gasteiger partial charge >= 0.3 is 0 Å². The molecule has 6 nitrogen and oxygen atoms in total. The summed E-state index contributed by atoms with van der Waals surface area (Å²) in [7, 11) is 0. The highest BCUT2D eigenvalue weighted by Crippen LogP contribution is 2.10. The maximum Gasteiger partial charge on any atom is 0.217 e. The summed E-state index contributed by atoms with van der Waals surface area (Å²) in [6.07, 6.45) is 13.9. The van der Waals surface area contributed by atoms with Crippen molar-refractivity contribution in [3.8, 4) is 0 Å². The molecule has 2 N–H and O–H groups in total. The van der Waals surface area contributed by atoms with Crippen LogP contribution >= 0.6 is 0 Å². The topological polar surface area (TPSA) is 86.7 Å². The van der Waals surface area contributed by atoms with Crippen LogP contribution in [0.15, 0.2) is 0 Å². The van der Waals surface area contributed by atoms with Gasteiger partial charge in [-0.3, -0.25) is 4.79 Å². The molecule has 1 heterocycles. The Hall–Kier alpha value is -1.46. The Labute approximate surface area is 133 Å². The molecule has 0 bridgehead atoms. The van der Waals surface area contributed by atoms with Crippen LogP contribution in [-0.2, 0) is 17.8 Å². The van der Waals surface area contributed by atoms with Gasteiger partial charge in [-0.05, 0) is 11.6 Å². The van der Waals surface area contributed by atoms with Crippen LogP contribution < -0.4 is 5.73 Å². The molecule has 0 aromatic carbocycles. The second-order valence-corrected chi connectivity index (χ2v) is 5.95. The second kappa shape index (κ2) is 12.1. The number of hydrogen-bond donors (Lipinski definition) is 1. The number of aromatic nitrogens is 4. The smallest absolute Gasteiger partial charge is 0.217 e. The third-order valence-corrected chi connectivity index (χ3v) is 3.80. The molecule has 1 rings (SSSR count). The number of unbranched alkanes of at least 4 members (excludes halogenated alkanes) is 9. The van der Waals surface area contributed by atoms with Gasteiger partial charge in [0.2, 0.25) is 5.91 Å². The molecule has 0 aliphatic carbocycles. The van der Waals surface area contributed by atoms with Crippen molar-refractivity contribution >= 4 is 5.91 Å². The zero-order valence-electron chi connectivity index (χ0n) is 14.0. The van der Waals surface area contributed by atoms with Crippen LogP contribution in [0.25, 0.3) is 0 Å². The Bertz CT molecular complexity index is 405. The Kier molecular flexibility index (Phi) is 10.2. The number of nitrogens with zero attached hydrogens (tertiary/aromatic N) is 4. The van der Waals surface area contributed by atoms with Crippen LogP contribution in [0.4, 0.5) is 0 Å². The van der Waals surface area contributed by atoms with Crippen molar-refractivity contribution in [2.45, 2.75) is 90.5 Å². The molecule has 22 heavy (non-hydrogen) atoms. The highest BCUT2D eigenvalue weighted by atomic mass is 16.1. The van der Waals surface area contributed by atoms with Crippen LogP contribution in [0.5, 0.6) is 0 Å². The summed E-state index contributed by atoms with van der Waals surface area (Å²) in [5.74, 6) is 0.275. The Morgan fingerprint density at radius 3 is 2.18 bits per heavy atom. The van der Waals surface area contributed by atoms with E-state index in [-0.39, 0.29) is 12.3 Å². The van der Waals surface area contributed by atoms with E-state index in [2.05, 4.69) is 22.3 Å². The largest absolute Gasteiger partial charge is 0.370 e. The lowest BCUT2D eigenvalue weighted by atomic mass is 10.1. The van der Waals surface area contributed by atoms with E-state index in [1.54, 1.807) is 4.80 Å². The van der Waals surface area contributed by atoms with E-state index < -0.39 is 0 Å². The van der Waals surface area contributed by atoms with Gasteiger partial charge in [0.05, 0.1) is 6.54 Å². The summed E-state index contributed by atoms with van der Waals surface area (Å²) in [6, 6.07) is 0. The molecule has 0 aliphatic rings. The van der Waals surface area contributed by atoms with Gasteiger partial charge in [0.25, 0.3) is 0 Å². The minimum Gasteiger partial charge on any atom is -0.370 e. The Balaban J connectivity index is 1.95. The van der Waals surface area contributed by atoms with E-state index in [0.717, 1.165) is 13.0 Å². The highest BCUT2D eigenvalue weighted by Gasteiger charge is 2.04. The van der Waals surface area contributed by atoms with Crippen molar-refractivity contribution in [3.05, 3.63) is 5.82 Å². The van der Waals surface area contributed by atoms with Gasteiger partial charge in [0.1, 0.15) is 0 Å². The first-order valence-electron chi connectivity index (χ1n) is 8.77. The summed E-state index contributed by atoms with van der Waals surface area (Å²) in [5.41, 5.74) is 5.10. The maximum atomic E-state index is 10.7. The summed E-state index contributed by atoms with van der Waals surface area (Å²) in [5, 5.41) is 12.2. The number of tetrazole rings is 1. The molecular weight excluding hydrogens is 278 g/mol. The molecular formula is C16H31N5O. The molecule has 126 valence electrons. The molecule has 0 spiro atoms. The normalized spacial score (nSPS) is 11.0. The average Bonchev–Trinajstić information content (AvgIpc) is 2.95. The van der Waals surface area contributed by atoms with Crippen molar-refractivity contribution in [2.24, 2.45) is 5.73 Å². The zero-order valence-corrected chi connectivity index (χ0v) is 14.0. The lowest BCUT2D eigenvalue weighted by Gasteiger charge is -2.02. The number of primary amides is 1. The zero-order chi connectivity index (χ0) is 16.0. The van der Waals surface area contributed by atoms with Crippen LogP contribution in [-0.4, -0.2) is 26.1 Å². The molecule has 0 atom stereocenters. The summed E-state index contributed by atoms with van der Waals surface area (Å²) >= 11 is 0. The number of hydrogen-bond acceptors (Lipinski definition) is 4. The Morgan fingerprint density at radius 1 is 1.00 bits per heavy atom. The van der Waals surface area contributed by atoms with Crippen molar-refractivity contribution in [1.82, 2.24) is 20.2 Å². The molecule has 0 radical (unpaired) electrons. The van der Waals surface area contributed by atoms with Crippen molar-refractivity contribution < 1.29 is 4.79 Å². The molecule has 0 saturated heterocycles. The summed E-state index contributed by atoms with van der Waals surface area (Å²) < 4.78 is 0. The predicted molar refractivity (Wildman–Crippen MR) is 87.2 cm³/mol. The number of carbonyl (C=O) groups is 1. The molecule has 1 aromatic rings. The summed E-state index contributed by atoms with van der Waals surface area (Å²) in [6.45, 7) is 3.06. The molecule has 1 amide bonds. The second-order valence-electron chi connectivity index (χ2n) is 5.95. The maximum absolute atomic E-state index is 10.7. The minimum absolute atomic E-state index is 0.282. The van der Waals surface area contributed by atoms with E-state index in [9.17, 15) is 4.79 Å². The first-order valence-corrected chi connectivity index (χ1v) is 8.77. The van der Waals surface area contributed by atoms with Gasteiger partial charge in [-0.1, -0.05) is 64.7 Å². The first-order chi connectivity index (χ1) is 10.7. The van der Waals surface area contributed by atoms with Crippen molar-refractivity contribution in [2.75, 3.05) is 0 Å². The number of rotatable bonds is 14. The number of aryl methyl sites for hydroxylation is 2. The van der Waals surface area contributed by atoms with Crippen LogP contribution in [0, 0.1) is 0 Å². The molecule has 0 unspecified atom stereocenters. The third kappa shape index (κ3) is 9.47. The standard InChI is InChI=1S/C16H31N5O/c1-2-3-4-5-6-7-8-9-10-11-14-21-19-16(18-20-21)13-12-15(17)22/h2-14H2,1H3,(H2,17,22). The molecule has 1 aromatic heterocycles. The van der Waals surface area contributed by atoms with Crippen LogP contribution in [0.1, 0.15) is 83.4 Å². The molecule has 6 heteroatoms. The first kappa shape index (κ1) is 18.6. The lowest BCUT2D eigenvalue weighted by molar-refractivity contribution is -0.118. The summed E-state index contributed by atoms with van der Waals surface area (Å²) in [4.78, 5) is 12.3. The SMILES string of the molecule is CCCCCCCCCCCCn1nnc(CCC(N)=O)n1. The molecule has 0 aliphatic heterocycles. The van der Waals surface area contributed by atoms with Gasteiger partial charge < -0.3 is 5.73 Å². The van der Waals surface area contributed by atoms with Crippen molar-refractivity contribution in [3.63, 3.8) is 0 Å². The average molecular weight is 309 g/mol. The third-order valence-electron chi connectivity index (χ3n) is 3.80. The molecule has 0 saturated carbocycles. The minimum atomic E-state index is -0.328. The lowest BCUT2D eigenvalue weighted by Crippen LogP contribution is -2.11. The van der Waals surface area contributed by atoms with Crippen molar-refractivity contribution in [1.29, 1.82) is 0 Å². The van der Waals surface area contributed by atoms with Gasteiger partial charge in [-0.15, -0.1) is 10.2 Å². The van der Waals surface area contributed by atoms with E-state index in [1.165, 1.54) is 57.8 Å². The Morgan fingerprint density at radius 2 is 1.59 bits per heavy atom. The van der Waals surface area contributed by atoms with E-state index in [1.807, 2.05) is 0 Å². The quantitative estimate of drug-likeness (QED) is 0.535. The van der Waals surface area contributed by atoms with Crippen LogP contribution in [0.3, 0.4) is 0 Å². The number of amides is 1. The van der Waals surface area contributed by atoms with Gasteiger partial charge in [0.15, 0.2) is 5.82 Å². The van der Waals surface area contributed by atoms with E-state index >= 15 is 0 Å². The van der Waals surface area contributed by atoms with Gasteiger partial charge in [-0.2, -0.15) is 4.80 Å². The van der Waals surface area contributed by atoms with E-state index in [0.29, 0.717) is 12.2 Å². The fourth-order valence-corrected chi connectivity index (χ4v) is 2.45. The molecule has 0 fully saturated rings. The van der Waals surface area contributed by atoms with Gasteiger partial charge in [0, 0.05) is 12.8 Å². The number of carbonyl (C=O) groups excluding carboxylic acids is 1. The predicted octanol–water partition coefficient (Wildman–Crippen LogP) is 3.01. The van der Waals surface area contributed by atoms with Crippen LogP contribution in [0.2, 0.25) is 0 Å².